The maximum absolute atomic E-state index is 13.9. The summed E-state index contributed by atoms with van der Waals surface area (Å²) in [6.45, 7) is 11.9. The number of nitrogens with zero attached hydrogens (tertiary/aromatic N) is 5. The van der Waals surface area contributed by atoms with Gasteiger partial charge in [0, 0.05) is 57.8 Å². The van der Waals surface area contributed by atoms with Gasteiger partial charge in [-0.25, -0.2) is 4.98 Å². The molecule has 3 aromatic carbocycles. The van der Waals surface area contributed by atoms with Crippen LogP contribution in [0.4, 0.5) is 5.69 Å². The number of fused-ring (bicyclic) bond motifs is 2. The Bertz CT molecular complexity index is 1510. The molecule has 4 aromatic rings. The highest BCUT2D eigenvalue weighted by Crippen LogP contribution is 2.25. The lowest BCUT2D eigenvalue weighted by atomic mass is 10.1. The van der Waals surface area contributed by atoms with Crippen LogP contribution in [0.5, 0.6) is 0 Å². The molecule has 1 aromatic heterocycles. The van der Waals surface area contributed by atoms with Gasteiger partial charge in [0.1, 0.15) is 5.82 Å². The van der Waals surface area contributed by atoms with E-state index >= 15 is 0 Å². The van der Waals surface area contributed by atoms with Gasteiger partial charge in [-0.2, -0.15) is 0 Å². The number of hydrogen-bond acceptors (Lipinski definition) is 4. The van der Waals surface area contributed by atoms with E-state index in [4.69, 9.17) is 4.98 Å². The third-order valence-corrected chi connectivity index (χ3v) is 8.27. The van der Waals surface area contributed by atoms with Crippen LogP contribution in [0.3, 0.4) is 0 Å². The number of hydrogen-bond donors (Lipinski definition) is 0. The minimum atomic E-state index is 0.0876. The molecule has 0 aliphatic carbocycles. The highest BCUT2D eigenvalue weighted by atomic mass is 16.2. The van der Waals surface area contributed by atoms with E-state index in [-0.39, 0.29) is 11.8 Å². The number of rotatable bonds is 8. The summed E-state index contributed by atoms with van der Waals surface area (Å²) in [6.07, 6.45) is 2.22. The summed E-state index contributed by atoms with van der Waals surface area (Å²) in [4.78, 5) is 39.0. The molecule has 2 heterocycles. The maximum Gasteiger partial charge on any atom is 0.231 e. The summed E-state index contributed by atoms with van der Waals surface area (Å²) < 4.78 is 2.21. The zero-order valence-electron chi connectivity index (χ0n) is 25.9. The Balaban J connectivity index is 1.40. The number of para-hydroxylation sites is 3. The Kier molecular flexibility index (Phi) is 10.3. The molecule has 0 N–H and O–H groups in total. The van der Waals surface area contributed by atoms with E-state index in [0.717, 1.165) is 66.3 Å². The minimum Gasteiger partial charge on any atom is -0.337 e. The fraction of sp³-hybridized carbons (Fsp3) is 0.417. The number of anilines is 1. The molecule has 0 radical (unpaired) electrons. The van der Waals surface area contributed by atoms with Crippen molar-refractivity contribution in [1.82, 2.24) is 19.4 Å². The summed E-state index contributed by atoms with van der Waals surface area (Å²) >= 11 is 0. The smallest absolute Gasteiger partial charge is 0.231 e. The van der Waals surface area contributed by atoms with Gasteiger partial charge in [-0.05, 0) is 55.1 Å². The van der Waals surface area contributed by atoms with Gasteiger partial charge in [-0.15, -0.1) is 0 Å². The molecule has 0 bridgehead atoms. The Morgan fingerprint density at radius 1 is 0.837 bits per heavy atom. The zero-order valence-corrected chi connectivity index (χ0v) is 25.9. The standard InChI is InChI=1S/C36H45N5O2/c1-4-40-33-18-11-9-16-31(33)37-34(40)19-20-35(42)39-24-23-38(26-28(2)3)21-12-22-41(32-17-10-8-15-30(32)27-39)36(43)25-29-13-6-5-7-14-29/h5-11,13-18,28H,4,12,19-27H2,1-3H3. The van der Waals surface area contributed by atoms with Gasteiger partial charge in [0.05, 0.1) is 17.5 Å². The number of carbonyl (C=O) groups excluding carboxylic acids is 2. The second-order valence-corrected chi connectivity index (χ2v) is 12.0. The van der Waals surface area contributed by atoms with E-state index in [0.29, 0.717) is 44.8 Å². The van der Waals surface area contributed by atoms with Crippen LogP contribution >= 0.6 is 0 Å². The molecule has 0 saturated heterocycles. The first-order valence-electron chi connectivity index (χ1n) is 15.8. The summed E-state index contributed by atoms with van der Waals surface area (Å²) in [5.74, 6) is 1.68. The Hall–Kier alpha value is -3.97. The molecule has 0 fully saturated rings. The van der Waals surface area contributed by atoms with Crippen molar-refractivity contribution in [1.29, 1.82) is 0 Å². The topological polar surface area (TPSA) is 61.7 Å². The number of aryl methyl sites for hydroxylation is 2. The second kappa shape index (κ2) is 14.5. The molecular weight excluding hydrogens is 534 g/mol. The molecule has 1 aliphatic heterocycles. The maximum atomic E-state index is 13.9. The van der Waals surface area contributed by atoms with Crippen LogP contribution in [0.2, 0.25) is 0 Å². The van der Waals surface area contributed by atoms with Crippen LogP contribution in [0, 0.1) is 5.92 Å². The molecule has 1 aliphatic rings. The molecule has 7 nitrogen and oxygen atoms in total. The van der Waals surface area contributed by atoms with Crippen molar-refractivity contribution in [2.45, 2.75) is 59.5 Å². The van der Waals surface area contributed by atoms with Crippen molar-refractivity contribution < 1.29 is 9.59 Å². The summed E-state index contributed by atoms with van der Waals surface area (Å²) in [6, 6.07) is 26.2. The van der Waals surface area contributed by atoms with E-state index < -0.39 is 0 Å². The van der Waals surface area contributed by atoms with Crippen molar-refractivity contribution >= 4 is 28.5 Å². The molecule has 5 rings (SSSR count). The number of carbonyl (C=O) groups is 2. The van der Waals surface area contributed by atoms with Gasteiger partial charge < -0.3 is 19.3 Å². The van der Waals surface area contributed by atoms with E-state index in [1.165, 1.54) is 0 Å². The number of aromatic nitrogens is 2. The second-order valence-electron chi connectivity index (χ2n) is 12.0. The lowest BCUT2D eigenvalue weighted by Crippen LogP contribution is -2.40. The summed E-state index contributed by atoms with van der Waals surface area (Å²) in [5.41, 5.74) is 5.01. The van der Waals surface area contributed by atoms with Gasteiger partial charge >= 0.3 is 0 Å². The van der Waals surface area contributed by atoms with E-state index in [2.05, 4.69) is 42.4 Å². The van der Waals surface area contributed by atoms with Crippen LogP contribution in [-0.4, -0.2) is 63.9 Å². The molecule has 0 unspecified atom stereocenters. The Morgan fingerprint density at radius 2 is 1.58 bits per heavy atom. The Labute approximate surface area is 256 Å². The normalized spacial score (nSPS) is 15.0. The molecule has 226 valence electrons. The molecule has 43 heavy (non-hydrogen) atoms. The minimum absolute atomic E-state index is 0.0876. The first kappa shape index (κ1) is 30.5. The predicted octanol–water partition coefficient (Wildman–Crippen LogP) is 5.96. The average Bonchev–Trinajstić information content (AvgIpc) is 3.36. The molecule has 7 heteroatoms. The highest BCUT2D eigenvalue weighted by Gasteiger charge is 2.24. The van der Waals surface area contributed by atoms with Gasteiger partial charge in [0.15, 0.2) is 0 Å². The van der Waals surface area contributed by atoms with Crippen LogP contribution in [0.1, 0.15) is 50.6 Å². The van der Waals surface area contributed by atoms with Crippen molar-refractivity contribution in [3.63, 3.8) is 0 Å². The molecule has 0 spiro atoms. The van der Waals surface area contributed by atoms with Crippen molar-refractivity contribution in [2.24, 2.45) is 5.92 Å². The van der Waals surface area contributed by atoms with Gasteiger partial charge in [-0.1, -0.05) is 74.5 Å². The molecular formula is C36H45N5O2. The third kappa shape index (κ3) is 7.71. The van der Waals surface area contributed by atoms with Crippen LogP contribution in [0.15, 0.2) is 78.9 Å². The summed E-state index contributed by atoms with van der Waals surface area (Å²) in [5, 5.41) is 0. The molecule has 2 amide bonds. The average molecular weight is 580 g/mol. The van der Waals surface area contributed by atoms with Gasteiger partial charge in [0.2, 0.25) is 11.8 Å². The lowest BCUT2D eigenvalue weighted by Gasteiger charge is -2.29. The van der Waals surface area contributed by atoms with Crippen molar-refractivity contribution in [2.75, 3.05) is 37.6 Å². The molecule has 0 atom stereocenters. The van der Waals surface area contributed by atoms with Crippen LogP contribution in [0.25, 0.3) is 11.0 Å². The third-order valence-electron chi connectivity index (χ3n) is 8.27. The largest absolute Gasteiger partial charge is 0.337 e. The van der Waals surface area contributed by atoms with E-state index in [1.54, 1.807) is 0 Å². The van der Waals surface area contributed by atoms with Gasteiger partial charge in [-0.3, -0.25) is 9.59 Å². The zero-order chi connectivity index (χ0) is 30.2. The first-order valence-corrected chi connectivity index (χ1v) is 15.8. The van der Waals surface area contributed by atoms with E-state index in [9.17, 15) is 9.59 Å². The van der Waals surface area contributed by atoms with Gasteiger partial charge in [0.25, 0.3) is 0 Å². The molecule has 0 saturated carbocycles. The quantitative estimate of drug-likeness (QED) is 0.259. The van der Waals surface area contributed by atoms with Crippen molar-refractivity contribution in [3.8, 4) is 0 Å². The number of imidazole rings is 1. The van der Waals surface area contributed by atoms with Crippen LogP contribution in [-0.2, 0) is 35.5 Å². The summed E-state index contributed by atoms with van der Waals surface area (Å²) in [7, 11) is 0. The lowest BCUT2D eigenvalue weighted by molar-refractivity contribution is -0.132. The SMILES string of the molecule is CCn1c(CCC(=O)N2CCN(CC(C)C)CCCN(C(=O)Cc3ccccc3)c3ccccc3C2)nc2ccccc21. The fourth-order valence-electron chi connectivity index (χ4n) is 6.22. The number of amides is 2. The Morgan fingerprint density at radius 3 is 2.37 bits per heavy atom. The predicted molar refractivity (Wildman–Crippen MR) is 174 cm³/mol. The van der Waals surface area contributed by atoms with Crippen LogP contribution < -0.4 is 4.90 Å². The number of benzene rings is 3. The fourth-order valence-corrected chi connectivity index (χ4v) is 6.22. The first-order chi connectivity index (χ1) is 20.9. The highest BCUT2D eigenvalue weighted by molar-refractivity contribution is 5.95. The van der Waals surface area contributed by atoms with Crippen molar-refractivity contribution in [3.05, 3.63) is 95.8 Å². The monoisotopic (exact) mass is 579 g/mol. The van der Waals surface area contributed by atoms with E-state index in [1.807, 2.05) is 76.5 Å².